The lowest BCUT2D eigenvalue weighted by Gasteiger charge is -1.97. The van der Waals surface area contributed by atoms with E-state index in [9.17, 15) is 0 Å². The molecule has 0 aliphatic heterocycles. The van der Waals surface area contributed by atoms with Crippen LogP contribution >= 0.6 is 22.6 Å². The molecule has 2 N–H and O–H groups in total. The van der Waals surface area contributed by atoms with Crippen LogP contribution in [0.25, 0.3) is 11.3 Å². The highest BCUT2D eigenvalue weighted by Crippen LogP contribution is 2.20. The molecule has 2 rings (SSSR count). The number of benzene rings is 1. The standard InChI is InChI=1S/C12H14IN3/c1-2-7-14-12-8-11(15-16-12)9-3-5-10(13)6-4-9/h3-6,8H,2,7H2,1H3,(H2,14,15,16). The summed E-state index contributed by atoms with van der Waals surface area (Å²) >= 11 is 2.30. The van der Waals surface area contributed by atoms with Gasteiger partial charge in [-0.05, 0) is 46.7 Å². The van der Waals surface area contributed by atoms with Crippen molar-refractivity contribution < 1.29 is 0 Å². The van der Waals surface area contributed by atoms with E-state index in [1.807, 2.05) is 6.07 Å². The molecule has 0 aliphatic carbocycles. The van der Waals surface area contributed by atoms with Crippen LogP contribution in [0.4, 0.5) is 5.82 Å². The summed E-state index contributed by atoms with van der Waals surface area (Å²) in [4.78, 5) is 0. The third-order valence-corrected chi connectivity index (χ3v) is 3.01. The summed E-state index contributed by atoms with van der Waals surface area (Å²) in [5.41, 5.74) is 2.22. The van der Waals surface area contributed by atoms with E-state index < -0.39 is 0 Å². The zero-order valence-electron chi connectivity index (χ0n) is 9.13. The summed E-state index contributed by atoms with van der Waals surface area (Å²) in [5, 5.41) is 10.5. The molecular formula is C12H14IN3. The van der Waals surface area contributed by atoms with Gasteiger partial charge in [0.2, 0.25) is 0 Å². The predicted octanol–water partition coefficient (Wildman–Crippen LogP) is 3.50. The Morgan fingerprint density at radius 1 is 1.31 bits per heavy atom. The quantitative estimate of drug-likeness (QED) is 0.844. The van der Waals surface area contributed by atoms with Gasteiger partial charge in [-0.3, -0.25) is 5.10 Å². The topological polar surface area (TPSA) is 40.7 Å². The van der Waals surface area contributed by atoms with Gasteiger partial charge in [0.15, 0.2) is 0 Å². The van der Waals surface area contributed by atoms with Crippen molar-refractivity contribution >= 4 is 28.4 Å². The van der Waals surface area contributed by atoms with E-state index in [2.05, 4.69) is 69.3 Å². The Morgan fingerprint density at radius 3 is 2.75 bits per heavy atom. The maximum absolute atomic E-state index is 4.21. The van der Waals surface area contributed by atoms with Gasteiger partial charge in [-0.1, -0.05) is 19.1 Å². The van der Waals surface area contributed by atoms with Gasteiger partial charge in [0, 0.05) is 16.2 Å². The van der Waals surface area contributed by atoms with Crippen LogP contribution in [0.2, 0.25) is 0 Å². The Hall–Kier alpha value is -1.04. The van der Waals surface area contributed by atoms with Gasteiger partial charge in [0.25, 0.3) is 0 Å². The van der Waals surface area contributed by atoms with Gasteiger partial charge in [0.1, 0.15) is 5.82 Å². The Kier molecular flexibility index (Phi) is 3.82. The molecule has 1 aromatic heterocycles. The second kappa shape index (κ2) is 5.34. The van der Waals surface area contributed by atoms with Crippen molar-refractivity contribution in [1.29, 1.82) is 0 Å². The van der Waals surface area contributed by atoms with Crippen molar-refractivity contribution in [2.75, 3.05) is 11.9 Å². The summed E-state index contributed by atoms with van der Waals surface area (Å²) < 4.78 is 1.24. The number of anilines is 1. The normalized spacial score (nSPS) is 10.4. The molecule has 1 aromatic carbocycles. The molecule has 0 radical (unpaired) electrons. The van der Waals surface area contributed by atoms with E-state index in [4.69, 9.17) is 0 Å². The minimum Gasteiger partial charge on any atom is -0.369 e. The first-order valence-corrected chi connectivity index (χ1v) is 6.42. The van der Waals surface area contributed by atoms with Gasteiger partial charge >= 0.3 is 0 Å². The smallest absolute Gasteiger partial charge is 0.148 e. The van der Waals surface area contributed by atoms with Crippen molar-refractivity contribution in [3.63, 3.8) is 0 Å². The zero-order valence-corrected chi connectivity index (χ0v) is 11.3. The molecule has 3 nitrogen and oxygen atoms in total. The van der Waals surface area contributed by atoms with E-state index in [1.165, 1.54) is 3.57 Å². The van der Waals surface area contributed by atoms with Crippen molar-refractivity contribution in [1.82, 2.24) is 10.2 Å². The molecule has 0 fully saturated rings. The van der Waals surface area contributed by atoms with E-state index >= 15 is 0 Å². The van der Waals surface area contributed by atoms with Crippen LogP contribution in [0, 0.1) is 3.57 Å². The highest BCUT2D eigenvalue weighted by atomic mass is 127. The summed E-state index contributed by atoms with van der Waals surface area (Å²) in [6, 6.07) is 10.4. The molecule has 84 valence electrons. The van der Waals surface area contributed by atoms with Crippen molar-refractivity contribution in [2.24, 2.45) is 0 Å². The number of rotatable bonds is 4. The van der Waals surface area contributed by atoms with Gasteiger partial charge < -0.3 is 5.32 Å². The van der Waals surface area contributed by atoms with E-state index in [-0.39, 0.29) is 0 Å². The SMILES string of the molecule is CCCNc1cc(-c2ccc(I)cc2)[nH]n1. The van der Waals surface area contributed by atoms with Crippen LogP contribution in [0.5, 0.6) is 0 Å². The van der Waals surface area contributed by atoms with Crippen LogP contribution in [0.15, 0.2) is 30.3 Å². The predicted molar refractivity (Wildman–Crippen MR) is 75.5 cm³/mol. The zero-order chi connectivity index (χ0) is 11.4. The van der Waals surface area contributed by atoms with Crippen LogP contribution in [-0.4, -0.2) is 16.7 Å². The van der Waals surface area contributed by atoms with Crippen LogP contribution < -0.4 is 5.32 Å². The van der Waals surface area contributed by atoms with Crippen LogP contribution in [0.1, 0.15) is 13.3 Å². The fourth-order valence-corrected chi connectivity index (χ4v) is 1.80. The van der Waals surface area contributed by atoms with Gasteiger partial charge in [-0.25, -0.2) is 0 Å². The molecule has 16 heavy (non-hydrogen) atoms. The second-order valence-electron chi connectivity index (χ2n) is 3.60. The Morgan fingerprint density at radius 2 is 2.06 bits per heavy atom. The second-order valence-corrected chi connectivity index (χ2v) is 4.85. The number of aromatic nitrogens is 2. The first kappa shape index (κ1) is 11.4. The Balaban J connectivity index is 2.15. The minimum atomic E-state index is 0.912. The molecule has 0 saturated carbocycles. The summed E-state index contributed by atoms with van der Waals surface area (Å²) in [7, 11) is 0. The molecule has 0 spiro atoms. The Bertz CT molecular complexity index is 448. The van der Waals surface area contributed by atoms with Crippen molar-refractivity contribution in [2.45, 2.75) is 13.3 Å². The first-order valence-electron chi connectivity index (χ1n) is 5.35. The highest BCUT2D eigenvalue weighted by molar-refractivity contribution is 14.1. The molecule has 0 unspecified atom stereocenters. The number of nitrogens with zero attached hydrogens (tertiary/aromatic N) is 1. The lowest BCUT2D eigenvalue weighted by atomic mass is 10.1. The minimum absolute atomic E-state index is 0.912. The lowest BCUT2D eigenvalue weighted by molar-refractivity contribution is 0.961. The van der Waals surface area contributed by atoms with E-state index in [0.717, 1.165) is 30.0 Å². The molecule has 0 saturated heterocycles. The number of hydrogen-bond donors (Lipinski definition) is 2. The van der Waals surface area contributed by atoms with Gasteiger partial charge in [-0.15, -0.1) is 0 Å². The molecule has 1 heterocycles. The number of nitrogens with one attached hydrogen (secondary N) is 2. The third kappa shape index (κ3) is 2.75. The fourth-order valence-electron chi connectivity index (χ4n) is 1.44. The number of aromatic amines is 1. The molecule has 0 bridgehead atoms. The van der Waals surface area contributed by atoms with Gasteiger partial charge in [-0.2, -0.15) is 5.10 Å². The number of hydrogen-bond acceptors (Lipinski definition) is 2. The molecule has 0 amide bonds. The molecule has 0 atom stereocenters. The molecular weight excluding hydrogens is 313 g/mol. The monoisotopic (exact) mass is 327 g/mol. The summed E-state index contributed by atoms with van der Waals surface area (Å²) in [6.45, 7) is 3.09. The largest absolute Gasteiger partial charge is 0.369 e. The van der Waals surface area contributed by atoms with Crippen LogP contribution in [-0.2, 0) is 0 Å². The average Bonchev–Trinajstić information content (AvgIpc) is 2.76. The van der Waals surface area contributed by atoms with E-state index in [0.29, 0.717) is 0 Å². The van der Waals surface area contributed by atoms with Crippen molar-refractivity contribution in [3.8, 4) is 11.3 Å². The highest BCUT2D eigenvalue weighted by Gasteiger charge is 2.02. The lowest BCUT2D eigenvalue weighted by Crippen LogP contribution is -1.99. The van der Waals surface area contributed by atoms with Crippen molar-refractivity contribution in [3.05, 3.63) is 33.9 Å². The van der Waals surface area contributed by atoms with Crippen LogP contribution in [0.3, 0.4) is 0 Å². The average molecular weight is 327 g/mol. The first-order chi connectivity index (χ1) is 7.79. The molecule has 0 aliphatic rings. The van der Waals surface area contributed by atoms with E-state index in [1.54, 1.807) is 0 Å². The summed E-state index contributed by atoms with van der Waals surface area (Å²) in [6.07, 6.45) is 1.10. The molecule has 4 heteroatoms. The molecule has 2 aromatic rings. The summed E-state index contributed by atoms with van der Waals surface area (Å²) in [5.74, 6) is 0.912. The maximum Gasteiger partial charge on any atom is 0.148 e. The third-order valence-electron chi connectivity index (χ3n) is 2.29. The van der Waals surface area contributed by atoms with Gasteiger partial charge in [0.05, 0.1) is 5.69 Å². The number of H-pyrrole nitrogens is 1. The Labute approximate surface area is 109 Å². The fraction of sp³-hybridized carbons (Fsp3) is 0.250. The number of halogens is 1. The maximum atomic E-state index is 4.21.